The van der Waals surface area contributed by atoms with Crippen LogP contribution in [0, 0.1) is 0 Å². The van der Waals surface area contributed by atoms with Gasteiger partial charge in [0.05, 0.1) is 26.8 Å². The molecule has 0 bridgehead atoms. The maximum Gasteiger partial charge on any atom is 0.251 e. The Morgan fingerprint density at radius 3 is 2.71 bits per heavy atom. The minimum absolute atomic E-state index is 0.211. The van der Waals surface area contributed by atoms with Gasteiger partial charge in [0.2, 0.25) is 0 Å². The number of aromatic nitrogens is 4. The second-order valence-electron chi connectivity index (χ2n) is 5.73. The summed E-state index contributed by atoms with van der Waals surface area (Å²) >= 11 is 0. The number of hydrogen-bond donors (Lipinski definition) is 1. The number of ether oxygens (including phenoxy) is 2. The molecule has 8 nitrogen and oxygen atoms in total. The molecule has 0 spiro atoms. The van der Waals surface area contributed by atoms with Crippen LogP contribution < -0.4 is 14.8 Å². The molecule has 3 rings (SSSR count). The van der Waals surface area contributed by atoms with Crippen LogP contribution in [0.25, 0.3) is 0 Å². The molecule has 1 N–H and O–H groups in total. The Labute approximate surface area is 140 Å². The van der Waals surface area contributed by atoms with Crippen LogP contribution >= 0.6 is 0 Å². The van der Waals surface area contributed by atoms with Gasteiger partial charge in [0.1, 0.15) is 0 Å². The maximum absolute atomic E-state index is 12.4. The van der Waals surface area contributed by atoms with Crippen molar-refractivity contribution in [3.8, 4) is 11.5 Å². The molecule has 1 saturated carbocycles. The van der Waals surface area contributed by atoms with Crippen molar-refractivity contribution < 1.29 is 14.3 Å². The first-order chi connectivity index (χ1) is 11.7. The smallest absolute Gasteiger partial charge is 0.251 e. The average Bonchev–Trinajstić information content (AvgIpc) is 3.29. The summed E-state index contributed by atoms with van der Waals surface area (Å²) in [6.07, 6.45) is 4.56. The van der Waals surface area contributed by atoms with Gasteiger partial charge < -0.3 is 14.8 Å². The highest BCUT2D eigenvalue weighted by Crippen LogP contribution is 2.29. The molecule has 1 aliphatic carbocycles. The van der Waals surface area contributed by atoms with Gasteiger partial charge in [-0.25, -0.2) is 4.68 Å². The van der Waals surface area contributed by atoms with E-state index in [0.717, 1.165) is 12.8 Å². The number of benzene rings is 1. The average molecular weight is 331 g/mol. The fourth-order valence-electron chi connectivity index (χ4n) is 3.00. The molecular formula is C16H21N5O3. The van der Waals surface area contributed by atoms with Crippen LogP contribution in [0.1, 0.15) is 47.9 Å². The fraction of sp³-hybridized carbons (Fsp3) is 0.500. The van der Waals surface area contributed by atoms with E-state index in [9.17, 15) is 4.79 Å². The topological polar surface area (TPSA) is 91.2 Å². The number of hydrogen-bond acceptors (Lipinski definition) is 6. The lowest BCUT2D eigenvalue weighted by atomic mass is 10.2. The van der Waals surface area contributed by atoms with E-state index >= 15 is 0 Å². The summed E-state index contributed by atoms with van der Waals surface area (Å²) in [5.41, 5.74) is 0.493. The summed E-state index contributed by atoms with van der Waals surface area (Å²) in [6.45, 7) is 0.288. The summed E-state index contributed by atoms with van der Waals surface area (Å²) in [5.74, 6) is 1.56. The monoisotopic (exact) mass is 331 g/mol. The molecule has 0 atom stereocenters. The van der Waals surface area contributed by atoms with Gasteiger partial charge >= 0.3 is 0 Å². The maximum atomic E-state index is 12.4. The van der Waals surface area contributed by atoms with Gasteiger partial charge in [-0.15, -0.1) is 5.10 Å². The van der Waals surface area contributed by atoms with E-state index in [2.05, 4.69) is 20.8 Å². The van der Waals surface area contributed by atoms with Gasteiger partial charge in [-0.3, -0.25) is 4.79 Å². The number of tetrazole rings is 1. The lowest BCUT2D eigenvalue weighted by Gasteiger charge is -2.12. The van der Waals surface area contributed by atoms with E-state index in [1.54, 1.807) is 25.3 Å². The number of amides is 1. The predicted molar refractivity (Wildman–Crippen MR) is 86.0 cm³/mol. The highest BCUT2D eigenvalue weighted by Gasteiger charge is 2.21. The molecule has 1 amide bonds. The van der Waals surface area contributed by atoms with Crippen molar-refractivity contribution >= 4 is 5.91 Å². The Balaban J connectivity index is 1.67. The van der Waals surface area contributed by atoms with E-state index in [1.165, 1.54) is 20.0 Å². The van der Waals surface area contributed by atoms with Crippen LogP contribution in [0.2, 0.25) is 0 Å². The van der Waals surface area contributed by atoms with Crippen LogP contribution in [0.15, 0.2) is 18.2 Å². The van der Waals surface area contributed by atoms with Gasteiger partial charge in [-0.05, 0) is 41.5 Å². The third-order valence-corrected chi connectivity index (χ3v) is 4.28. The summed E-state index contributed by atoms with van der Waals surface area (Å²) in [7, 11) is 3.09. The zero-order valence-corrected chi connectivity index (χ0v) is 13.9. The largest absolute Gasteiger partial charge is 0.493 e. The Morgan fingerprint density at radius 1 is 1.25 bits per heavy atom. The summed E-state index contributed by atoms with van der Waals surface area (Å²) in [6, 6.07) is 5.38. The number of nitrogens with one attached hydrogen (secondary N) is 1. The standard InChI is InChI=1S/C16H21N5O3/c1-23-13-8-7-11(9-14(13)24-2)16(22)17-10-15-18-19-20-21(15)12-5-3-4-6-12/h7-9,12H,3-6,10H2,1-2H3,(H,17,22). The van der Waals surface area contributed by atoms with Crippen LogP contribution in [-0.4, -0.2) is 40.3 Å². The van der Waals surface area contributed by atoms with Crippen molar-refractivity contribution in [1.82, 2.24) is 25.5 Å². The minimum atomic E-state index is -0.211. The number of nitrogens with zero attached hydrogens (tertiary/aromatic N) is 4. The Kier molecular flexibility index (Phi) is 4.93. The normalized spacial score (nSPS) is 14.6. The van der Waals surface area contributed by atoms with E-state index in [1.807, 2.05) is 4.68 Å². The van der Waals surface area contributed by atoms with Crippen LogP contribution in [0.3, 0.4) is 0 Å². The molecule has 1 fully saturated rings. The molecular weight excluding hydrogens is 310 g/mol. The van der Waals surface area contributed by atoms with Gasteiger partial charge in [-0.2, -0.15) is 0 Å². The molecule has 24 heavy (non-hydrogen) atoms. The summed E-state index contributed by atoms with van der Waals surface area (Å²) in [5, 5.41) is 14.7. The van der Waals surface area contributed by atoms with Crippen LogP contribution in [0.5, 0.6) is 11.5 Å². The van der Waals surface area contributed by atoms with E-state index in [0.29, 0.717) is 28.9 Å². The molecule has 0 aliphatic heterocycles. The number of carbonyl (C=O) groups is 1. The van der Waals surface area contributed by atoms with Gasteiger partial charge in [0.15, 0.2) is 17.3 Å². The molecule has 2 aromatic rings. The van der Waals surface area contributed by atoms with Crippen molar-refractivity contribution in [1.29, 1.82) is 0 Å². The molecule has 1 aromatic carbocycles. The molecule has 1 aliphatic rings. The van der Waals surface area contributed by atoms with Gasteiger partial charge in [0, 0.05) is 5.56 Å². The van der Waals surface area contributed by atoms with E-state index in [-0.39, 0.29) is 12.5 Å². The lowest BCUT2D eigenvalue weighted by Crippen LogP contribution is -2.25. The third-order valence-electron chi connectivity index (χ3n) is 4.28. The zero-order valence-electron chi connectivity index (χ0n) is 13.9. The van der Waals surface area contributed by atoms with Crippen molar-refractivity contribution in [2.75, 3.05) is 14.2 Å². The second kappa shape index (κ2) is 7.29. The van der Waals surface area contributed by atoms with Crippen molar-refractivity contribution in [2.45, 2.75) is 38.3 Å². The highest BCUT2D eigenvalue weighted by atomic mass is 16.5. The van der Waals surface area contributed by atoms with Gasteiger partial charge in [0.25, 0.3) is 5.91 Å². The number of rotatable bonds is 6. The van der Waals surface area contributed by atoms with Crippen molar-refractivity contribution in [3.05, 3.63) is 29.6 Å². The fourth-order valence-corrected chi connectivity index (χ4v) is 3.00. The van der Waals surface area contributed by atoms with Gasteiger partial charge in [-0.1, -0.05) is 12.8 Å². The third kappa shape index (κ3) is 3.32. The summed E-state index contributed by atoms with van der Waals surface area (Å²) in [4.78, 5) is 12.4. The first kappa shape index (κ1) is 16.2. The molecule has 0 unspecified atom stereocenters. The summed E-state index contributed by atoms with van der Waals surface area (Å²) < 4.78 is 12.2. The van der Waals surface area contributed by atoms with Crippen LogP contribution in [-0.2, 0) is 6.54 Å². The molecule has 128 valence electrons. The molecule has 1 heterocycles. The highest BCUT2D eigenvalue weighted by molar-refractivity contribution is 5.94. The first-order valence-corrected chi connectivity index (χ1v) is 8.00. The SMILES string of the molecule is COc1ccc(C(=O)NCc2nnnn2C2CCCC2)cc1OC. The quantitative estimate of drug-likeness (QED) is 0.867. The van der Waals surface area contributed by atoms with Crippen molar-refractivity contribution in [2.24, 2.45) is 0 Å². The second-order valence-corrected chi connectivity index (χ2v) is 5.73. The number of carbonyl (C=O) groups excluding carboxylic acids is 1. The Hall–Kier alpha value is -2.64. The molecule has 8 heteroatoms. The Bertz CT molecular complexity index is 709. The zero-order chi connectivity index (χ0) is 16.9. The van der Waals surface area contributed by atoms with E-state index < -0.39 is 0 Å². The minimum Gasteiger partial charge on any atom is -0.493 e. The lowest BCUT2D eigenvalue weighted by molar-refractivity contribution is 0.0948. The molecule has 0 saturated heterocycles. The molecule has 0 radical (unpaired) electrons. The van der Waals surface area contributed by atoms with Crippen molar-refractivity contribution in [3.63, 3.8) is 0 Å². The Morgan fingerprint density at radius 2 is 2.00 bits per heavy atom. The number of methoxy groups -OCH3 is 2. The first-order valence-electron chi connectivity index (χ1n) is 8.00. The van der Waals surface area contributed by atoms with Crippen LogP contribution in [0.4, 0.5) is 0 Å². The van der Waals surface area contributed by atoms with E-state index in [4.69, 9.17) is 9.47 Å². The molecule has 1 aromatic heterocycles. The predicted octanol–water partition coefficient (Wildman–Crippen LogP) is 1.74.